The van der Waals surface area contributed by atoms with Crippen LogP contribution < -0.4 is 0 Å². The molecule has 0 radical (unpaired) electrons. The van der Waals surface area contributed by atoms with Crippen LogP contribution in [0.1, 0.15) is 141 Å². The van der Waals surface area contributed by atoms with Crippen LogP contribution in [0.25, 0.3) is 0 Å². The third-order valence-corrected chi connectivity index (χ3v) is 6.10. The van der Waals surface area contributed by atoms with Gasteiger partial charge in [0.1, 0.15) is 0 Å². The maximum atomic E-state index is 11.5. The van der Waals surface area contributed by atoms with Gasteiger partial charge in [0, 0.05) is 6.61 Å². The van der Waals surface area contributed by atoms with E-state index in [9.17, 15) is 5.21 Å². The minimum absolute atomic E-state index is 0.132. The van der Waals surface area contributed by atoms with Crippen molar-refractivity contribution in [1.29, 1.82) is 0 Å². The number of rotatable bonds is 24. The number of quaternary nitrogens is 1. The Morgan fingerprint density at radius 2 is 0.621 bits per heavy atom. The fourth-order valence-electron chi connectivity index (χ4n) is 4.14. The predicted octanol–water partition coefficient (Wildman–Crippen LogP) is 8.14. The zero-order valence-electron chi connectivity index (χ0n) is 20.3. The molecule has 0 fully saturated rings. The summed E-state index contributed by atoms with van der Waals surface area (Å²) in [5.74, 6) is 0. The van der Waals surface area contributed by atoms with Crippen molar-refractivity contribution >= 4 is 0 Å². The van der Waals surface area contributed by atoms with Crippen molar-refractivity contribution in [3.8, 4) is 0 Å². The quantitative estimate of drug-likeness (QED) is 0.0985. The second-order valence-corrected chi connectivity index (χ2v) is 9.80. The van der Waals surface area contributed by atoms with Crippen LogP contribution in [0.3, 0.4) is 0 Å². The summed E-state index contributed by atoms with van der Waals surface area (Å²) in [4.78, 5) is 0. The Hall–Kier alpha value is -0.120. The molecule has 0 spiro atoms. The van der Waals surface area contributed by atoms with Crippen LogP contribution in [-0.2, 0) is 0 Å². The van der Waals surface area contributed by atoms with E-state index in [1.165, 1.54) is 128 Å². The monoisotopic (exact) mass is 413 g/mol. The average molecular weight is 414 g/mol. The molecule has 176 valence electrons. The Labute approximate surface area is 183 Å². The van der Waals surface area contributed by atoms with Crippen molar-refractivity contribution in [3.63, 3.8) is 0 Å². The summed E-state index contributed by atoms with van der Waals surface area (Å²) < 4.78 is -0.132. The van der Waals surface area contributed by atoms with Crippen LogP contribution in [0.2, 0.25) is 0 Å². The van der Waals surface area contributed by atoms with E-state index in [-0.39, 0.29) is 4.65 Å². The molecule has 0 aliphatic heterocycles. The maximum absolute atomic E-state index is 11.5. The van der Waals surface area contributed by atoms with E-state index in [1.54, 1.807) is 14.1 Å². The van der Waals surface area contributed by atoms with Gasteiger partial charge in [-0.3, -0.25) is 0 Å². The Morgan fingerprint density at radius 3 is 0.828 bits per heavy atom. The Balaban J connectivity index is 3.02. The van der Waals surface area contributed by atoms with Gasteiger partial charge in [0.2, 0.25) is 0 Å². The van der Waals surface area contributed by atoms with E-state index in [0.717, 1.165) is 19.4 Å². The molecule has 29 heavy (non-hydrogen) atoms. The van der Waals surface area contributed by atoms with Gasteiger partial charge in [-0.1, -0.05) is 122 Å². The van der Waals surface area contributed by atoms with Crippen LogP contribution in [0, 0.1) is 5.21 Å². The van der Waals surface area contributed by atoms with E-state index < -0.39 is 0 Å². The first-order valence-corrected chi connectivity index (χ1v) is 13.2. The highest BCUT2D eigenvalue weighted by atomic mass is 16.5. The van der Waals surface area contributed by atoms with Gasteiger partial charge < -0.3 is 15.0 Å². The Bertz CT molecular complexity index is 302. The van der Waals surface area contributed by atoms with E-state index in [0.29, 0.717) is 6.61 Å². The molecule has 0 heterocycles. The molecule has 0 amide bonds. The summed E-state index contributed by atoms with van der Waals surface area (Å²) in [7, 11) is 3.49. The molecule has 0 saturated heterocycles. The van der Waals surface area contributed by atoms with E-state index >= 15 is 0 Å². The van der Waals surface area contributed by atoms with E-state index in [1.807, 2.05) is 0 Å². The molecule has 0 saturated carbocycles. The molecule has 0 aliphatic rings. The molecule has 0 aromatic carbocycles. The van der Waals surface area contributed by atoms with Crippen molar-refractivity contribution < 1.29 is 9.75 Å². The summed E-state index contributed by atoms with van der Waals surface area (Å²) in [5.41, 5.74) is 0. The molecular weight excluding hydrogens is 358 g/mol. The van der Waals surface area contributed by atoms with Gasteiger partial charge in [0.25, 0.3) is 0 Å². The first kappa shape index (κ1) is 28.9. The number of nitrogens with zero attached hydrogens (tertiary/aromatic N) is 1. The molecule has 0 bridgehead atoms. The van der Waals surface area contributed by atoms with Gasteiger partial charge in [-0.25, -0.2) is 0 Å². The largest absolute Gasteiger partial charge is 0.633 e. The lowest BCUT2D eigenvalue weighted by Gasteiger charge is -2.33. The van der Waals surface area contributed by atoms with Gasteiger partial charge in [0.05, 0.1) is 20.6 Å². The van der Waals surface area contributed by atoms with Gasteiger partial charge in [-0.05, 0) is 19.3 Å². The zero-order valence-corrected chi connectivity index (χ0v) is 20.3. The summed E-state index contributed by atoms with van der Waals surface area (Å²) >= 11 is 0. The molecular formula is C26H55NO2. The second kappa shape index (κ2) is 22.6. The van der Waals surface area contributed by atoms with Gasteiger partial charge in [-0.15, -0.1) is 0 Å². The highest BCUT2D eigenvalue weighted by Gasteiger charge is 2.00. The normalized spacial score (nSPS) is 12.0. The molecule has 0 aromatic heterocycles. The minimum atomic E-state index is -0.132. The summed E-state index contributed by atoms with van der Waals surface area (Å²) in [6, 6.07) is 0. The molecule has 0 atom stereocenters. The highest BCUT2D eigenvalue weighted by molar-refractivity contribution is 4.51. The van der Waals surface area contributed by atoms with E-state index in [2.05, 4.69) is 0 Å². The average Bonchev–Trinajstić information content (AvgIpc) is 2.67. The summed E-state index contributed by atoms with van der Waals surface area (Å²) in [6.45, 7) is 1.14. The number of aliphatic hydroxyl groups is 1. The van der Waals surface area contributed by atoms with Crippen molar-refractivity contribution in [3.05, 3.63) is 5.21 Å². The molecule has 1 N–H and O–H groups in total. The fourth-order valence-corrected chi connectivity index (χ4v) is 4.14. The Morgan fingerprint density at radius 1 is 0.414 bits per heavy atom. The summed E-state index contributed by atoms with van der Waals surface area (Å²) in [6.07, 6.45) is 29.8. The van der Waals surface area contributed by atoms with Crippen molar-refractivity contribution in [2.75, 3.05) is 27.2 Å². The lowest BCUT2D eigenvalue weighted by atomic mass is 10.0. The van der Waals surface area contributed by atoms with Gasteiger partial charge in [-0.2, -0.15) is 0 Å². The number of hydroxylamine groups is 3. The van der Waals surface area contributed by atoms with Crippen molar-refractivity contribution in [2.45, 2.75) is 141 Å². The fraction of sp³-hybridized carbons (Fsp3) is 1.00. The predicted molar refractivity (Wildman–Crippen MR) is 129 cm³/mol. The second-order valence-electron chi connectivity index (χ2n) is 9.80. The molecule has 0 aliphatic carbocycles. The van der Waals surface area contributed by atoms with Crippen LogP contribution >= 0.6 is 0 Å². The van der Waals surface area contributed by atoms with Crippen molar-refractivity contribution in [2.24, 2.45) is 0 Å². The van der Waals surface area contributed by atoms with Gasteiger partial charge in [0.15, 0.2) is 0 Å². The van der Waals surface area contributed by atoms with Crippen molar-refractivity contribution in [1.82, 2.24) is 0 Å². The molecule has 3 nitrogen and oxygen atoms in total. The smallest absolute Gasteiger partial charge is 0.0779 e. The minimum Gasteiger partial charge on any atom is -0.633 e. The van der Waals surface area contributed by atoms with Crippen LogP contribution in [0.4, 0.5) is 0 Å². The zero-order chi connectivity index (χ0) is 21.5. The standard InChI is InChI=1S/C26H55NO2/c1-27(2,29)25-23-21-19-17-15-13-11-9-7-5-3-4-6-8-10-12-14-16-18-20-22-24-26-28/h28H,3-26H2,1-2H3. The SMILES string of the molecule is C[N+](C)([O-])CCCCCCCCCCCCCCCCCCCCCCCCO. The number of hydrogen-bond donors (Lipinski definition) is 1. The molecule has 0 rings (SSSR count). The number of aliphatic hydroxyl groups excluding tert-OH is 1. The third kappa shape index (κ3) is 27.9. The third-order valence-electron chi connectivity index (χ3n) is 6.10. The first-order chi connectivity index (χ1) is 14.1. The lowest BCUT2D eigenvalue weighted by molar-refractivity contribution is -0.840. The topological polar surface area (TPSA) is 43.3 Å². The molecule has 0 unspecified atom stereocenters. The summed E-state index contributed by atoms with van der Waals surface area (Å²) in [5, 5.41) is 20.2. The van der Waals surface area contributed by atoms with E-state index in [4.69, 9.17) is 5.11 Å². The highest BCUT2D eigenvalue weighted by Crippen LogP contribution is 2.15. The number of unbranched alkanes of at least 4 members (excludes halogenated alkanes) is 21. The first-order valence-electron chi connectivity index (χ1n) is 13.2. The molecule has 3 heteroatoms. The maximum Gasteiger partial charge on any atom is 0.0779 e. The van der Waals surface area contributed by atoms with Crippen LogP contribution in [0.5, 0.6) is 0 Å². The lowest BCUT2D eigenvalue weighted by Crippen LogP contribution is -2.32. The number of hydrogen-bond acceptors (Lipinski definition) is 2. The van der Waals surface area contributed by atoms with Crippen LogP contribution in [0.15, 0.2) is 0 Å². The van der Waals surface area contributed by atoms with Crippen LogP contribution in [-0.4, -0.2) is 37.0 Å². The molecule has 0 aromatic rings. The Kier molecular flexibility index (Phi) is 22.5. The van der Waals surface area contributed by atoms with Gasteiger partial charge >= 0.3 is 0 Å².